The largest absolute Gasteiger partial charge is 0.375 e. The average molecular weight is 320 g/mol. The van der Waals surface area contributed by atoms with Crippen molar-refractivity contribution in [2.75, 3.05) is 30.3 Å². The zero-order valence-corrected chi connectivity index (χ0v) is 13.6. The summed E-state index contributed by atoms with van der Waals surface area (Å²) in [6.45, 7) is 5.18. The highest BCUT2D eigenvalue weighted by atomic mass is 32.2. The minimum atomic E-state index is -0.0160. The minimum Gasteiger partial charge on any atom is -0.375 e. The fourth-order valence-electron chi connectivity index (χ4n) is 2.80. The predicted octanol–water partition coefficient (Wildman–Crippen LogP) is 1.76. The van der Waals surface area contributed by atoms with Crippen LogP contribution in [-0.2, 0) is 14.3 Å². The Morgan fingerprint density at radius 1 is 1.36 bits per heavy atom. The van der Waals surface area contributed by atoms with E-state index in [1.54, 1.807) is 4.90 Å². The molecule has 5 nitrogen and oxygen atoms in total. The van der Waals surface area contributed by atoms with Crippen LogP contribution >= 0.6 is 11.8 Å². The molecule has 2 aliphatic heterocycles. The van der Waals surface area contributed by atoms with Gasteiger partial charge >= 0.3 is 0 Å². The molecule has 0 spiro atoms. The molecule has 2 aliphatic rings. The molecular formula is C16H20N2O3S. The smallest absolute Gasteiger partial charge is 0.243 e. The summed E-state index contributed by atoms with van der Waals surface area (Å²) in [5.41, 5.74) is 0.839. The molecule has 0 radical (unpaired) electrons. The van der Waals surface area contributed by atoms with Gasteiger partial charge < -0.3 is 14.5 Å². The molecule has 0 saturated carbocycles. The summed E-state index contributed by atoms with van der Waals surface area (Å²) >= 11 is 1.53. The van der Waals surface area contributed by atoms with Gasteiger partial charge in [-0.1, -0.05) is 12.1 Å². The van der Waals surface area contributed by atoms with Crippen LogP contribution in [0.15, 0.2) is 29.2 Å². The number of rotatable bonds is 2. The maximum atomic E-state index is 12.6. The molecule has 118 valence electrons. The van der Waals surface area contributed by atoms with Gasteiger partial charge in [0.15, 0.2) is 0 Å². The molecule has 1 aromatic carbocycles. The normalized spacial score (nSPS) is 25.1. The van der Waals surface area contributed by atoms with Gasteiger partial charge in [0.25, 0.3) is 0 Å². The van der Waals surface area contributed by atoms with E-state index in [9.17, 15) is 9.59 Å². The Morgan fingerprint density at radius 2 is 2.14 bits per heavy atom. The number of ether oxygens (including phenoxy) is 1. The number of carbonyl (C=O) groups excluding carboxylic acids is 2. The van der Waals surface area contributed by atoms with Crippen molar-refractivity contribution >= 4 is 29.3 Å². The van der Waals surface area contributed by atoms with E-state index in [4.69, 9.17) is 4.74 Å². The van der Waals surface area contributed by atoms with Crippen LogP contribution < -0.4 is 4.90 Å². The third-order valence-corrected chi connectivity index (χ3v) is 5.08. The second kappa shape index (κ2) is 6.30. The van der Waals surface area contributed by atoms with Gasteiger partial charge in [0.2, 0.25) is 11.8 Å². The fourth-order valence-corrected chi connectivity index (χ4v) is 3.74. The van der Waals surface area contributed by atoms with Gasteiger partial charge in [-0.15, -0.1) is 11.8 Å². The molecule has 2 amide bonds. The molecule has 0 N–H and O–H groups in total. The number of hydrogen-bond acceptors (Lipinski definition) is 4. The van der Waals surface area contributed by atoms with Gasteiger partial charge in [0.1, 0.15) is 6.54 Å². The number of anilines is 1. The first-order valence-corrected chi connectivity index (χ1v) is 8.48. The highest BCUT2D eigenvalue weighted by molar-refractivity contribution is 8.00. The Bertz CT molecular complexity index is 593. The number of morpholine rings is 1. The van der Waals surface area contributed by atoms with E-state index in [0.717, 1.165) is 10.6 Å². The highest BCUT2D eigenvalue weighted by Crippen LogP contribution is 2.34. The topological polar surface area (TPSA) is 49.9 Å². The van der Waals surface area contributed by atoms with Gasteiger partial charge in [-0.2, -0.15) is 0 Å². The van der Waals surface area contributed by atoms with E-state index in [-0.39, 0.29) is 30.5 Å². The highest BCUT2D eigenvalue weighted by Gasteiger charge is 2.32. The SMILES string of the molecule is C[C@@H]1CO[C@@H](C)CN1C(=O)CN1C(=O)CSc2ccccc21. The molecule has 6 heteroatoms. The summed E-state index contributed by atoms with van der Waals surface area (Å²) in [7, 11) is 0. The van der Waals surface area contributed by atoms with Crippen molar-refractivity contribution in [3.63, 3.8) is 0 Å². The summed E-state index contributed by atoms with van der Waals surface area (Å²) in [6, 6.07) is 7.79. The van der Waals surface area contributed by atoms with Gasteiger partial charge in [0.05, 0.1) is 30.2 Å². The molecular weight excluding hydrogens is 300 g/mol. The van der Waals surface area contributed by atoms with E-state index in [1.807, 2.05) is 43.0 Å². The van der Waals surface area contributed by atoms with Crippen molar-refractivity contribution in [1.82, 2.24) is 4.90 Å². The number of fused-ring (bicyclic) bond motifs is 1. The number of carbonyl (C=O) groups is 2. The lowest BCUT2D eigenvalue weighted by Gasteiger charge is -2.38. The van der Waals surface area contributed by atoms with E-state index >= 15 is 0 Å². The Hall–Kier alpha value is -1.53. The number of benzene rings is 1. The van der Waals surface area contributed by atoms with Gasteiger partial charge in [-0.25, -0.2) is 0 Å². The van der Waals surface area contributed by atoms with Crippen LogP contribution in [0.3, 0.4) is 0 Å². The van der Waals surface area contributed by atoms with Crippen LogP contribution in [0, 0.1) is 0 Å². The van der Waals surface area contributed by atoms with Crippen LogP contribution in [0.25, 0.3) is 0 Å². The average Bonchev–Trinajstić information content (AvgIpc) is 2.52. The number of amides is 2. The van der Waals surface area contributed by atoms with Crippen molar-refractivity contribution in [2.24, 2.45) is 0 Å². The molecule has 0 aromatic heterocycles. The van der Waals surface area contributed by atoms with Crippen molar-refractivity contribution in [3.05, 3.63) is 24.3 Å². The zero-order chi connectivity index (χ0) is 15.7. The molecule has 2 atom stereocenters. The fraction of sp³-hybridized carbons (Fsp3) is 0.500. The summed E-state index contributed by atoms with van der Waals surface area (Å²) in [5, 5.41) is 0. The summed E-state index contributed by atoms with van der Waals surface area (Å²) in [4.78, 5) is 29.4. The molecule has 2 heterocycles. The minimum absolute atomic E-state index is 0.00832. The predicted molar refractivity (Wildman–Crippen MR) is 86.1 cm³/mol. The third-order valence-electron chi connectivity index (χ3n) is 4.03. The second-order valence-corrected chi connectivity index (χ2v) is 6.79. The second-order valence-electron chi connectivity index (χ2n) is 5.78. The number of hydrogen-bond donors (Lipinski definition) is 0. The lowest BCUT2D eigenvalue weighted by Crippen LogP contribution is -2.54. The molecule has 0 aliphatic carbocycles. The van der Waals surface area contributed by atoms with Crippen LogP contribution in [0.1, 0.15) is 13.8 Å². The van der Waals surface area contributed by atoms with Crippen LogP contribution in [0.2, 0.25) is 0 Å². The first-order chi connectivity index (χ1) is 10.6. The van der Waals surface area contributed by atoms with Crippen molar-refractivity contribution < 1.29 is 14.3 Å². The Morgan fingerprint density at radius 3 is 2.95 bits per heavy atom. The van der Waals surface area contributed by atoms with Crippen molar-refractivity contribution in [2.45, 2.75) is 30.9 Å². The Kier molecular flexibility index (Phi) is 4.40. The standard InChI is InChI=1S/C16H20N2O3S/c1-11-9-21-12(2)7-17(11)15(19)8-18-13-5-3-4-6-14(13)22-10-16(18)20/h3-6,11-12H,7-10H2,1-2H3/t11-,12+/m1/s1. The lowest BCUT2D eigenvalue weighted by atomic mass is 10.2. The van der Waals surface area contributed by atoms with Crippen molar-refractivity contribution in [3.8, 4) is 0 Å². The van der Waals surface area contributed by atoms with E-state index in [2.05, 4.69) is 0 Å². The summed E-state index contributed by atoms with van der Waals surface area (Å²) < 4.78 is 5.56. The lowest BCUT2D eigenvalue weighted by molar-refractivity contribution is -0.142. The van der Waals surface area contributed by atoms with Crippen molar-refractivity contribution in [1.29, 1.82) is 0 Å². The molecule has 1 aromatic rings. The molecule has 3 rings (SSSR count). The van der Waals surface area contributed by atoms with Crippen LogP contribution in [0.4, 0.5) is 5.69 Å². The van der Waals surface area contributed by atoms with Crippen LogP contribution in [0.5, 0.6) is 0 Å². The van der Waals surface area contributed by atoms with Gasteiger partial charge in [0, 0.05) is 11.4 Å². The maximum Gasteiger partial charge on any atom is 0.243 e. The number of thioether (sulfide) groups is 1. The molecule has 1 fully saturated rings. The van der Waals surface area contributed by atoms with E-state index in [1.165, 1.54) is 11.8 Å². The third kappa shape index (κ3) is 2.98. The van der Waals surface area contributed by atoms with E-state index in [0.29, 0.717) is 18.9 Å². The quantitative estimate of drug-likeness (QED) is 0.833. The molecule has 0 bridgehead atoms. The zero-order valence-electron chi connectivity index (χ0n) is 12.8. The van der Waals surface area contributed by atoms with E-state index < -0.39 is 0 Å². The van der Waals surface area contributed by atoms with Gasteiger partial charge in [-0.05, 0) is 26.0 Å². The first kappa shape index (κ1) is 15.4. The number of nitrogens with zero attached hydrogens (tertiary/aromatic N) is 2. The van der Waals surface area contributed by atoms with Crippen LogP contribution in [-0.4, -0.2) is 54.3 Å². The Labute approximate surface area is 134 Å². The molecule has 1 saturated heterocycles. The summed E-state index contributed by atoms with van der Waals surface area (Å²) in [6.07, 6.45) is 0.0417. The molecule has 0 unspecified atom stereocenters. The molecule has 22 heavy (non-hydrogen) atoms. The monoisotopic (exact) mass is 320 g/mol. The van der Waals surface area contributed by atoms with Gasteiger partial charge in [-0.3, -0.25) is 9.59 Å². The summed E-state index contributed by atoms with van der Waals surface area (Å²) in [5.74, 6) is 0.364. The first-order valence-electron chi connectivity index (χ1n) is 7.49. The Balaban J connectivity index is 1.77. The maximum absolute atomic E-state index is 12.6. The number of para-hydroxylation sites is 1.